The Bertz CT molecular complexity index is 2670. The first-order chi connectivity index (χ1) is 32.9. The van der Waals surface area contributed by atoms with Crippen LogP contribution in [-0.2, 0) is 33.1 Å². The number of piperidine rings is 1. The monoisotopic (exact) mass is 925 g/mol. The number of hydrogen-bond donors (Lipinski definition) is 3. The minimum absolute atomic E-state index is 0.0273. The summed E-state index contributed by atoms with van der Waals surface area (Å²) in [5, 5.41) is 8.74. The number of fused-ring (bicyclic) bond motifs is 2. The highest BCUT2D eigenvalue weighted by Gasteiger charge is 2.46. The van der Waals surface area contributed by atoms with Crippen molar-refractivity contribution >= 4 is 52.5 Å². The minimum Gasteiger partial charge on any atom is -0.493 e. The van der Waals surface area contributed by atoms with Gasteiger partial charge in [0.25, 0.3) is 17.7 Å². The van der Waals surface area contributed by atoms with Gasteiger partial charge < -0.3 is 48.9 Å². The first-order valence-corrected chi connectivity index (χ1v) is 23.2. The number of nitrogens with zero attached hydrogens (tertiary/aromatic N) is 4. The average Bonchev–Trinajstić information content (AvgIpc) is 3.89. The van der Waals surface area contributed by atoms with Gasteiger partial charge in [-0.3, -0.25) is 19.2 Å². The van der Waals surface area contributed by atoms with Crippen molar-refractivity contribution in [1.82, 2.24) is 14.0 Å². The van der Waals surface area contributed by atoms with Crippen molar-refractivity contribution in [3.63, 3.8) is 0 Å². The molecule has 3 N–H and O–H groups in total. The molecule has 2 unspecified atom stereocenters. The predicted octanol–water partition coefficient (Wildman–Crippen LogP) is 8.96. The molecule has 0 aliphatic carbocycles. The summed E-state index contributed by atoms with van der Waals surface area (Å²) in [6.45, 7) is 8.76. The summed E-state index contributed by atoms with van der Waals surface area (Å²) in [4.78, 5) is 71.0. The van der Waals surface area contributed by atoms with Crippen LogP contribution in [0, 0.1) is 13.8 Å². The molecule has 0 spiro atoms. The minimum atomic E-state index is -0.862. The van der Waals surface area contributed by atoms with Gasteiger partial charge in [0.1, 0.15) is 23.7 Å². The molecular weight excluding hydrogens is 867 g/mol. The number of carbonyl (C=O) groups excluding carboxylic acids is 5. The molecule has 356 valence electrons. The zero-order chi connectivity index (χ0) is 47.9. The molecule has 0 bridgehead atoms. The summed E-state index contributed by atoms with van der Waals surface area (Å²) >= 11 is 0. The summed E-state index contributed by atoms with van der Waals surface area (Å²) in [5.74, 6) is -0.575. The molecule has 16 heteroatoms. The van der Waals surface area contributed by atoms with Crippen LogP contribution in [0.3, 0.4) is 0 Å². The van der Waals surface area contributed by atoms with E-state index in [2.05, 4.69) is 22.5 Å². The predicted molar refractivity (Wildman–Crippen MR) is 259 cm³/mol. The van der Waals surface area contributed by atoms with Gasteiger partial charge in [-0.1, -0.05) is 42.5 Å². The Hall–Kier alpha value is -7.17. The van der Waals surface area contributed by atoms with Gasteiger partial charge in [0.2, 0.25) is 5.91 Å². The van der Waals surface area contributed by atoms with Gasteiger partial charge in [0.05, 0.1) is 29.6 Å². The number of carbonyl (C=O) groups is 5. The smallest absolute Gasteiger partial charge is 0.416 e. The van der Waals surface area contributed by atoms with E-state index in [-0.39, 0.29) is 43.3 Å². The maximum Gasteiger partial charge on any atom is 0.416 e. The van der Waals surface area contributed by atoms with Crippen molar-refractivity contribution in [2.45, 2.75) is 83.8 Å². The van der Waals surface area contributed by atoms with Gasteiger partial charge in [-0.25, -0.2) is 9.69 Å². The highest BCUT2D eigenvalue weighted by atomic mass is 16.7. The van der Waals surface area contributed by atoms with Crippen LogP contribution < -0.4 is 25.6 Å². The molecule has 0 saturated carbocycles. The molecule has 68 heavy (non-hydrogen) atoms. The Kier molecular flexibility index (Phi) is 14.8. The number of rotatable bonds is 15. The van der Waals surface area contributed by atoms with Crippen LogP contribution in [0.15, 0.2) is 97.8 Å². The van der Waals surface area contributed by atoms with Crippen LogP contribution in [0.25, 0.3) is 11.1 Å². The fraction of sp³-hybridized carbons (Fsp3) is 0.365. The number of aromatic nitrogens is 2. The lowest BCUT2D eigenvalue weighted by atomic mass is 10.00. The lowest BCUT2D eigenvalue weighted by molar-refractivity contribution is -0.198. The third-order valence-corrected chi connectivity index (χ3v) is 12.5. The largest absolute Gasteiger partial charge is 0.493 e. The van der Waals surface area contributed by atoms with Crippen molar-refractivity contribution in [2.75, 3.05) is 47.2 Å². The summed E-state index contributed by atoms with van der Waals surface area (Å²) in [7, 11) is 3.55. The number of hydrogen-bond acceptors (Lipinski definition) is 9. The molecule has 3 aliphatic heterocycles. The number of benzene rings is 3. The molecule has 2 saturated heterocycles. The first kappa shape index (κ1) is 47.3. The van der Waals surface area contributed by atoms with E-state index < -0.39 is 24.7 Å². The zero-order valence-corrected chi connectivity index (χ0v) is 39.0. The molecular formula is C52H59N7O9. The third-order valence-electron chi connectivity index (χ3n) is 12.5. The van der Waals surface area contributed by atoms with E-state index in [1.165, 1.54) is 11.0 Å². The number of amides is 5. The van der Waals surface area contributed by atoms with Gasteiger partial charge in [0, 0.05) is 69.1 Å². The lowest BCUT2D eigenvalue weighted by Gasteiger charge is -2.42. The van der Waals surface area contributed by atoms with Crippen molar-refractivity contribution < 1.29 is 42.9 Å². The van der Waals surface area contributed by atoms with Gasteiger partial charge in [0.15, 0.2) is 12.5 Å². The quantitative estimate of drug-likeness (QED) is 0.0684. The van der Waals surface area contributed by atoms with E-state index >= 15 is 0 Å². The van der Waals surface area contributed by atoms with Crippen molar-refractivity contribution in [1.29, 1.82) is 0 Å². The maximum atomic E-state index is 14.2. The van der Waals surface area contributed by atoms with Crippen molar-refractivity contribution in [3.05, 3.63) is 126 Å². The third kappa shape index (κ3) is 10.8. The molecule has 5 aromatic rings. The molecule has 3 aliphatic rings. The summed E-state index contributed by atoms with van der Waals surface area (Å²) in [5.41, 5.74) is 6.81. The van der Waals surface area contributed by atoms with E-state index in [0.717, 1.165) is 42.4 Å². The van der Waals surface area contributed by atoms with Crippen LogP contribution >= 0.6 is 0 Å². The first-order valence-electron chi connectivity index (χ1n) is 23.2. The number of nitrogens with one attached hydrogen (secondary N) is 3. The molecule has 16 nitrogen and oxygen atoms in total. The molecule has 5 amide bonds. The summed E-state index contributed by atoms with van der Waals surface area (Å²) in [6, 6.07) is 21.4. The topological polar surface area (TPSA) is 175 Å². The normalized spacial score (nSPS) is 17.9. The molecule has 3 atom stereocenters. The van der Waals surface area contributed by atoms with Gasteiger partial charge in [-0.15, -0.1) is 0 Å². The fourth-order valence-corrected chi connectivity index (χ4v) is 8.92. The van der Waals surface area contributed by atoms with Crippen LogP contribution in [0.2, 0.25) is 0 Å². The second-order valence-corrected chi connectivity index (χ2v) is 17.6. The fourth-order valence-electron chi connectivity index (χ4n) is 8.92. The van der Waals surface area contributed by atoms with Crippen LogP contribution in [0.5, 0.6) is 5.75 Å². The van der Waals surface area contributed by atoms with Crippen LogP contribution in [0.4, 0.5) is 27.5 Å². The second-order valence-electron chi connectivity index (χ2n) is 17.6. The Morgan fingerprint density at radius 2 is 1.49 bits per heavy atom. The van der Waals surface area contributed by atoms with Gasteiger partial charge in [-0.2, -0.15) is 0 Å². The van der Waals surface area contributed by atoms with E-state index in [9.17, 15) is 24.0 Å². The molecule has 3 aromatic carbocycles. The van der Waals surface area contributed by atoms with Gasteiger partial charge >= 0.3 is 6.09 Å². The molecule has 2 aromatic heterocycles. The average molecular weight is 926 g/mol. The van der Waals surface area contributed by atoms with Crippen LogP contribution in [0.1, 0.15) is 93.8 Å². The Balaban J connectivity index is 0.871. The van der Waals surface area contributed by atoms with E-state index in [0.29, 0.717) is 83.4 Å². The summed E-state index contributed by atoms with van der Waals surface area (Å²) in [6.07, 6.45) is 8.34. The highest BCUT2D eigenvalue weighted by Crippen LogP contribution is 2.40. The van der Waals surface area contributed by atoms with Gasteiger partial charge in [-0.05, 0) is 112 Å². The SMILES string of the molecule is C=CCOC(=O)N1c2cc(OCCCC(=O)Nc3cc(C(=O)Nc4ccc(-c5cc(C(=O)Nc6ccc(C)cc6)n(C)c5)cc4)n(C)c3)c(C)cc2C(=O)N2CCCC[C@H]2C1OC1CCCCO1. The van der Waals surface area contributed by atoms with E-state index in [1.807, 2.05) is 74.5 Å². The van der Waals surface area contributed by atoms with Crippen molar-refractivity contribution in [3.8, 4) is 16.9 Å². The Morgan fingerprint density at radius 1 is 0.794 bits per heavy atom. The maximum absolute atomic E-state index is 14.2. The number of aryl methyl sites for hydroxylation is 4. The van der Waals surface area contributed by atoms with Crippen molar-refractivity contribution in [2.24, 2.45) is 14.1 Å². The van der Waals surface area contributed by atoms with Crippen LogP contribution in [-0.4, -0.2) is 88.7 Å². The lowest BCUT2D eigenvalue weighted by Crippen LogP contribution is -2.57. The van der Waals surface area contributed by atoms with E-state index in [4.69, 9.17) is 18.9 Å². The number of anilines is 4. The molecule has 2 fully saturated rings. The Morgan fingerprint density at radius 3 is 2.19 bits per heavy atom. The summed E-state index contributed by atoms with van der Waals surface area (Å²) < 4.78 is 27.8. The molecule has 0 radical (unpaired) electrons. The molecule has 5 heterocycles. The second kappa shape index (κ2) is 21.2. The Labute approximate surface area is 396 Å². The molecule has 8 rings (SSSR count). The zero-order valence-electron chi connectivity index (χ0n) is 39.0. The highest BCUT2D eigenvalue weighted by molar-refractivity contribution is 6.07. The van der Waals surface area contributed by atoms with E-state index in [1.54, 1.807) is 52.7 Å². The standard InChI is InChI=1S/C52H59N7O9/c1-6-24-67-52(64)59-42-30-45(34(3)27-40(42)50(63)58-23-9-7-12-41(58)51(59)68-47-14-8-10-25-66-47)65-26-11-13-46(60)53-39-29-44(57(5)32-39)49(62)55-38-21-17-35(18-22-38)36-28-43(56(4)31-36)48(61)54-37-19-15-33(2)16-20-37/h6,15-22,27-32,41,47,51H,1,7-14,23-26H2,2-5H3,(H,53,60)(H,54,61)(H,55,62)/t41-,47?,51?/m0/s1. The number of ether oxygens (including phenoxy) is 4.